The molecule has 2 atom stereocenters. The Bertz CT molecular complexity index is 2760. The number of benzene rings is 5. The van der Waals surface area contributed by atoms with Gasteiger partial charge >= 0.3 is 5.97 Å². The Hall–Kier alpha value is -7.04. The molecule has 7 N–H and O–H groups in total. The first-order chi connectivity index (χ1) is 33.0. The highest BCUT2D eigenvalue weighted by Gasteiger charge is 2.42. The molecule has 2 aliphatic rings. The zero-order chi connectivity index (χ0) is 47.6. The second kappa shape index (κ2) is 21.7. The number of aromatic nitrogens is 1. The number of nitrogens with zero attached hydrogens (tertiary/aromatic N) is 1. The third-order valence-electron chi connectivity index (χ3n) is 12.8. The van der Waals surface area contributed by atoms with Crippen molar-refractivity contribution in [3.63, 3.8) is 0 Å². The van der Waals surface area contributed by atoms with Crippen LogP contribution in [0.2, 0.25) is 0 Å². The molecule has 1 saturated heterocycles. The topological polar surface area (TPSA) is 212 Å². The molecule has 354 valence electrons. The number of aromatic amines is 1. The van der Waals surface area contributed by atoms with Gasteiger partial charge in [-0.1, -0.05) is 84.9 Å². The Morgan fingerprint density at radius 2 is 1.56 bits per heavy atom. The van der Waals surface area contributed by atoms with Crippen molar-refractivity contribution in [2.45, 2.75) is 62.6 Å². The Kier molecular flexibility index (Phi) is 15.2. The number of H-pyrrole nitrogens is 1. The van der Waals surface area contributed by atoms with Gasteiger partial charge in [0.25, 0.3) is 11.8 Å². The number of fused-ring (bicyclic) bond motifs is 1. The minimum atomic E-state index is -2.12. The first-order valence-corrected chi connectivity index (χ1v) is 22.9. The number of pyridine rings is 1. The first kappa shape index (κ1) is 47.5. The number of aromatic hydroxyl groups is 1. The van der Waals surface area contributed by atoms with Crippen LogP contribution in [0, 0.1) is 5.92 Å². The zero-order valence-corrected chi connectivity index (χ0v) is 37.9. The number of phenolic OH excluding ortho intramolecular Hbond substituents is 1. The molecule has 15 nitrogen and oxygen atoms in total. The van der Waals surface area contributed by atoms with E-state index in [2.05, 4.69) is 38.0 Å². The molecule has 1 aliphatic heterocycles. The lowest BCUT2D eigenvalue weighted by Crippen LogP contribution is -2.54. The molecular formula is C53H57N5O10. The van der Waals surface area contributed by atoms with Gasteiger partial charge < -0.3 is 50.5 Å². The number of aliphatic hydroxyl groups excluding tert-OH is 1. The second-order valence-corrected chi connectivity index (χ2v) is 17.6. The van der Waals surface area contributed by atoms with Crippen molar-refractivity contribution in [3.8, 4) is 17.2 Å². The van der Waals surface area contributed by atoms with Gasteiger partial charge in [0.05, 0.1) is 25.3 Å². The van der Waals surface area contributed by atoms with Crippen LogP contribution in [0.3, 0.4) is 0 Å². The lowest BCUT2D eigenvalue weighted by molar-refractivity contribution is -0.164. The lowest BCUT2D eigenvalue weighted by atomic mass is 9.86. The van der Waals surface area contributed by atoms with Crippen LogP contribution in [0.5, 0.6) is 17.2 Å². The molecule has 1 saturated carbocycles. The van der Waals surface area contributed by atoms with Crippen LogP contribution >= 0.6 is 0 Å². The van der Waals surface area contributed by atoms with Crippen LogP contribution in [-0.2, 0) is 33.0 Å². The van der Waals surface area contributed by atoms with E-state index in [0.717, 1.165) is 38.0 Å². The number of phenols is 1. The minimum absolute atomic E-state index is 0.0877. The zero-order valence-electron chi connectivity index (χ0n) is 37.9. The molecule has 6 aromatic rings. The molecule has 1 aromatic heterocycles. The van der Waals surface area contributed by atoms with Crippen molar-refractivity contribution < 1.29 is 43.9 Å². The molecule has 2 amide bonds. The van der Waals surface area contributed by atoms with Crippen LogP contribution < -0.4 is 31.0 Å². The monoisotopic (exact) mass is 923 g/mol. The summed E-state index contributed by atoms with van der Waals surface area (Å²) in [6.07, 6.45) is 1.87. The van der Waals surface area contributed by atoms with Crippen molar-refractivity contribution in [1.29, 1.82) is 0 Å². The maximum Gasteiger partial charge on any atom is 0.347 e. The van der Waals surface area contributed by atoms with Crippen molar-refractivity contribution in [3.05, 3.63) is 171 Å². The molecule has 2 heterocycles. The van der Waals surface area contributed by atoms with E-state index in [1.54, 1.807) is 84.9 Å². The summed E-state index contributed by atoms with van der Waals surface area (Å²) in [5.41, 5.74) is 1.36. The average molecular weight is 924 g/mol. The van der Waals surface area contributed by atoms with E-state index in [9.17, 15) is 34.5 Å². The summed E-state index contributed by atoms with van der Waals surface area (Å²) in [5.74, 6) is -0.554. The molecule has 0 radical (unpaired) electrons. The van der Waals surface area contributed by atoms with Gasteiger partial charge in [-0.3, -0.25) is 19.3 Å². The summed E-state index contributed by atoms with van der Waals surface area (Å²) < 4.78 is 17.3. The highest BCUT2D eigenvalue weighted by atomic mass is 16.6. The fourth-order valence-electron chi connectivity index (χ4n) is 8.92. The van der Waals surface area contributed by atoms with E-state index in [1.165, 1.54) is 24.8 Å². The quantitative estimate of drug-likeness (QED) is 0.0522. The highest BCUT2D eigenvalue weighted by molar-refractivity contribution is 5.95. The van der Waals surface area contributed by atoms with E-state index in [4.69, 9.17) is 14.2 Å². The fraction of sp³-hybridized carbons (Fsp3) is 0.321. The number of aliphatic hydroxyl groups is 2. The van der Waals surface area contributed by atoms with Gasteiger partial charge in [0.15, 0.2) is 6.61 Å². The predicted molar refractivity (Wildman–Crippen MR) is 255 cm³/mol. The van der Waals surface area contributed by atoms with E-state index >= 15 is 0 Å². The number of esters is 1. The lowest BCUT2D eigenvalue weighted by Gasteiger charge is -2.36. The maximum atomic E-state index is 13.9. The summed E-state index contributed by atoms with van der Waals surface area (Å²) in [7, 11) is 1.51. The predicted octanol–water partition coefficient (Wildman–Crippen LogP) is 5.21. The number of likely N-dealkylation sites (tertiary alicyclic amines) is 1. The highest BCUT2D eigenvalue weighted by Crippen LogP contribution is 2.34. The molecule has 0 unspecified atom stereocenters. The average Bonchev–Trinajstić information content (AvgIpc) is 3.35. The van der Waals surface area contributed by atoms with Gasteiger partial charge in [-0.2, -0.15) is 0 Å². The van der Waals surface area contributed by atoms with Crippen LogP contribution in [-0.4, -0.2) is 95.0 Å². The van der Waals surface area contributed by atoms with Gasteiger partial charge in [0.1, 0.15) is 17.2 Å². The van der Waals surface area contributed by atoms with E-state index in [1.807, 2.05) is 18.2 Å². The van der Waals surface area contributed by atoms with Gasteiger partial charge in [-0.15, -0.1) is 0 Å². The van der Waals surface area contributed by atoms with Crippen LogP contribution in [0.4, 0.5) is 0 Å². The van der Waals surface area contributed by atoms with E-state index < -0.39 is 17.7 Å². The Labute approximate surface area is 394 Å². The number of carbonyl (C=O) groups is 3. The van der Waals surface area contributed by atoms with Gasteiger partial charge in [-0.05, 0) is 97.8 Å². The number of carbonyl (C=O) groups excluding carboxylic acids is 3. The third kappa shape index (κ3) is 11.4. The van der Waals surface area contributed by atoms with E-state index in [-0.39, 0.29) is 72.0 Å². The summed E-state index contributed by atoms with van der Waals surface area (Å²) >= 11 is 0. The van der Waals surface area contributed by atoms with Crippen molar-refractivity contribution in [1.82, 2.24) is 25.8 Å². The van der Waals surface area contributed by atoms with Crippen LogP contribution in [0.1, 0.15) is 70.0 Å². The SMILES string of the molecule is COc1cc(C(=O)NC2CC(NC(=O)COc3cccc([C@](O)(C(=O)OCC4CCN(Cc5ccccc5)CC4)c4ccccc4)c3)C2)ccc1CNC[C@H](O)c1ccc(O)c2[nH]c(=O)ccc12. The second-order valence-electron chi connectivity index (χ2n) is 17.6. The maximum absolute atomic E-state index is 13.9. The van der Waals surface area contributed by atoms with Gasteiger partial charge in [0.2, 0.25) is 11.2 Å². The minimum Gasteiger partial charge on any atom is -0.506 e. The standard InChI is InChI=1S/C53H57N5O10/c1-66-47-25-36(15-16-37(47)29-54-30-46(60)43-17-19-45(59)50-44(43)18-20-48(61)57-50)51(63)56-41-27-40(28-41)55-49(62)33-67-42-14-8-13-39(26-42)53(65,38-11-6-3-7-12-38)52(64)68-32-35-21-23-58(24-22-35)31-34-9-4-2-5-10-34/h2-20,25-26,35,40-41,46,54,59-60,65H,21-24,27-33H2,1H3,(H,55,62)(H,56,63)(H,57,61)/t40?,41?,46-,53-/m0/s1. The molecule has 68 heavy (non-hydrogen) atoms. The molecule has 15 heteroatoms. The molecule has 8 rings (SSSR count). The molecule has 0 bridgehead atoms. The number of piperidine rings is 1. The molecule has 2 fully saturated rings. The van der Waals surface area contributed by atoms with Crippen LogP contribution in [0.15, 0.2) is 132 Å². The number of nitrogens with one attached hydrogen (secondary N) is 4. The van der Waals surface area contributed by atoms with Gasteiger partial charge in [0, 0.05) is 59.9 Å². The first-order valence-electron chi connectivity index (χ1n) is 22.9. The smallest absolute Gasteiger partial charge is 0.347 e. The number of amides is 2. The summed E-state index contributed by atoms with van der Waals surface area (Å²) in [4.78, 5) is 56.8. The Balaban J connectivity index is 0.782. The number of rotatable bonds is 19. The Morgan fingerprint density at radius 1 is 0.838 bits per heavy atom. The van der Waals surface area contributed by atoms with Crippen molar-refractivity contribution in [2.75, 3.05) is 40.0 Å². The summed E-state index contributed by atoms with van der Waals surface area (Å²) in [5, 5.41) is 43.0. The van der Waals surface area contributed by atoms with Gasteiger partial charge in [-0.25, -0.2) is 4.79 Å². The van der Waals surface area contributed by atoms with Crippen molar-refractivity contribution >= 4 is 28.7 Å². The van der Waals surface area contributed by atoms with E-state index in [0.29, 0.717) is 53.0 Å². The fourth-order valence-corrected chi connectivity index (χ4v) is 8.92. The summed E-state index contributed by atoms with van der Waals surface area (Å²) in [6, 6.07) is 36.2. The number of methoxy groups -OCH3 is 1. The van der Waals surface area contributed by atoms with Crippen molar-refractivity contribution in [2.24, 2.45) is 5.92 Å². The Morgan fingerprint density at radius 3 is 2.31 bits per heavy atom. The number of ether oxygens (including phenoxy) is 3. The molecule has 0 spiro atoms. The number of hydrogen-bond donors (Lipinski definition) is 7. The molecule has 1 aliphatic carbocycles. The number of hydrogen-bond acceptors (Lipinski definition) is 12. The molecule has 5 aromatic carbocycles. The largest absolute Gasteiger partial charge is 0.506 e. The normalized spacial score (nSPS) is 17.6. The molecular weight excluding hydrogens is 867 g/mol. The van der Waals surface area contributed by atoms with Crippen LogP contribution in [0.25, 0.3) is 10.9 Å². The summed E-state index contributed by atoms with van der Waals surface area (Å²) in [6.45, 7) is 3.05. The third-order valence-corrected chi connectivity index (χ3v) is 12.8.